The second-order valence-corrected chi connectivity index (χ2v) is 2.28. The fraction of sp³-hybridized carbons (Fsp3) is 0.375. The molecule has 0 fully saturated rings. The van der Waals surface area contributed by atoms with Crippen LogP contribution in [0.5, 0.6) is 0 Å². The summed E-state index contributed by atoms with van der Waals surface area (Å²) in [6.45, 7) is 4.36. The first-order valence-corrected chi connectivity index (χ1v) is 2.99. The molecule has 0 N–H and O–H groups in total. The van der Waals surface area contributed by atoms with Crippen LogP contribution in [0.15, 0.2) is 23.8 Å². The van der Waals surface area contributed by atoms with E-state index >= 15 is 0 Å². The van der Waals surface area contributed by atoms with Crippen molar-refractivity contribution in [1.29, 1.82) is 0 Å². The summed E-state index contributed by atoms with van der Waals surface area (Å²) >= 11 is 0. The van der Waals surface area contributed by atoms with Crippen molar-refractivity contribution in [2.24, 2.45) is 5.92 Å². The first-order valence-electron chi connectivity index (χ1n) is 2.99. The molecule has 0 bridgehead atoms. The van der Waals surface area contributed by atoms with Crippen LogP contribution < -0.4 is 0 Å². The van der Waals surface area contributed by atoms with Gasteiger partial charge in [-0.05, 0) is 6.92 Å². The van der Waals surface area contributed by atoms with E-state index in [-0.39, 0.29) is 0 Å². The molecule has 1 rings (SSSR count). The van der Waals surface area contributed by atoms with Crippen LogP contribution in [0.1, 0.15) is 13.8 Å². The second kappa shape index (κ2) is 2.08. The van der Waals surface area contributed by atoms with Crippen molar-refractivity contribution in [3.8, 4) is 0 Å². The molecule has 0 heterocycles. The van der Waals surface area contributed by atoms with Crippen LogP contribution in [-0.4, -0.2) is 0 Å². The molecule has 0 nitrogen and oxygen atoms in total. The molecule has 0 amide bonds. The van der Waals surface area contributed by atoms with E-state index in [4.69, 9.17) is 0 Å². The summed E-state index contributed by atoms with van der Waals surface area (Å²) < 4.78 is 0. The largest absolute Gasteiger partial charge is 0.0824 e. The zero-order valence-corrected chi connectivity index (χ0v) is 5.39. The molecule has 1 atom stereocenters. The first-order chi connectivity index (χ1) is 3.80. The topological polar surface area (TPSA) is 0 Å². The molecule has 1 unspecified atom stereocenters. The quantitative estimate of drug-likeness (QED) is 0.417. The molecule has 0 spiro atoms. The summed E-state index contributed by atoms with van der Waals surface area (Å²) in [6, 6.07) is 0. The van der Waals surface area contributed by atoms with E-state index in [0.29, 0.717) is 5.92 Å². The number of hydrogen-bond acceptors (Lipinski definition) is 0. The van der Waals surface area contributed by atoms with E-state index in [1.54, 1.807) is 0 Å². The highest BCUT2D eigenvalue weighted by Gasteiger charge is 2.09. The predicted octanol–water partition coefficient (Wildman–Crippen LogP) is 2.34. The minimum absolute atomic E-state index is 0.653. The van der Waals surface area contributed by atoms with Gasteiger partial charge in [0, 0.05) is 37.1 Å². The normalized spacial score (nSPS) is 26.8. The molecule has 1 aliphatic rings. The Morgan fingerprint density at radius 1 is 1.62 bits per heavy atom. The summed E-state index contributed by atoms with van der Waals surface area (Å²) in [7, 11) is 0. The SMILES string of the molecule is CC1=C[CH+]C=CC1C. The van der Waals surface area contributed by atoms with Gasteiger partial charge in [0.15, 0.2) is 0 Å². The lowest BCUT2D eigenvalue weighted by Gasteiger charge is -2.00. The fourth-order valence-corrected chi connectivity index (χ4v) is 0.742. The average Bonchev–Trinajstić information content (AvgIpc) is 1.77. The zero-order valence-electron chi connectivity index (χ0n) is 5.39. The Hall–Kier alpha value is -0.650. The summed E-state index contributed by atoms with van der Waals surface area (Å²) in [4.78, 5) is 0. The summed E-state index contributed by atoms with van der Waals surface area (Å²) in [6.07, 6.45) is 8.53. The van der Waals surface area contributed by atoms with Gasteiger partial charge in [-0.15, -0.1) is 0 Å². The Balaban J connectivity index is 2.63. The summed E-state index contributed by atoms with van der Waals surface area (Å²) in [5.74, 6) is 0.653. The van der Waals surface area contributed by atoms with Gasteiger partial charge in [-0.3, -0.25) is 0 Å². The molecule has 0 aromatic carbocycles. The second-order valence-electron chi connectivity index (χ2n) is 2.28. The summed E-state index contributed by atoms with van der Waals surface area (Å²) in [5.41, 5.74) is 1.45. The van der Waals surface area contributed by atoms with Crippen LogP contribution in [0.3, 0.4) is 0 Å². The van der Waals surface area contributed by atoms with Gasteiger partial charge in [0.2, 0.25) is 0 Å². The van der Waals surface area contributed by atoms with E-state index in [1.807, 2.05) is 0 Å². The molecule has 0 aliphatic heterocycles. The lowest BCUT2D eigenvalue weighted by Crippen LogP contribution is -1.94. The Morgan fingerprint density at radius 2 is 2.38 bits per heavy atom. The Bertz CT molecular complexity index is 129. The van der Waals surface area contributed by atoms with E-state index in [1.165, 1.54) is 5.57 Å². The van der Waals surface area contributed by atoms with Gasteiger partial charge in [0.1, 0.15) is 0 Å². The van der Waals surface area contributed by atoms with E-state index in [9.17, 15) is 0 Å². The Kier molecular flexibility index (Phi) is 1.43. The van der Waals surface area contributed by atoms with E-state index in [2.05, 4.69) is 38.5 Å². The maximum absolute atomic E-state index is 2.20. The van der Waals surface area contributed by atoms with Crippen LogP contribution >= 0.6 is 0 Å². The van der Waals surface area contributed by atoms with Crippen LogP contribution in [0.25, 0.3) is 0 Å². The highest BCUT2D eigenvalue weighted by Crippen LogP contribution is 2.15. The maximum Gasteiger partial charge on any atom is 0.0824 e. The van der Waals surface area contributed by atoms with Gasteiger partial charge < -0.3 is 0 Å². The van der Waals surface area contributed by atoms with Crippen molar-refractivity contribution in [2.75, 3.05) is 0 Å². The van der Waals surface area contributed by atoms with Gasteiger partial charge in [-0.1, -0.05) is 0 Å². The molecular formula is C8H11+. The average molecular weight is 107 g/mol. The molecule has 0 heteroatoms. The minimum Gasteiger partial charge on any atom is -0.0314 e. The molecule has 1 aliphatic carbocycles. The zero-order chi connectivity index (χ0) is 5.98. The number of rotatable bonds is 0. The Morgan fingerprint density at radius 3 is 2.75 bits per heavy atom. The third-order valence-corrected chi connectivity index (χ3v) is 1.59. The van der Waals surface area contributed by atoms with Crippen molar-refractivity contribution in [3.05, 3.63) is 30.2 Å². The van der Waals surface area contributed by atoms with Crippen LogP contribution in [0.4, 0.5) is 0 Å². The van der Waals surface area contributed by atoms with Gasteiger partial charge >= 0.3 is 0 Å². The molecule has 0 aromatic heterocycles. The van der Waals surface area contributed by atoms with Gasteiger partial charge in [-0.2, -0.15) is 0 Å². The van der Waals surface area contributed by atoms with E-state index in [0.717, 1.165) is 0 Å². The monoisotopic (exact) mass is 107 g/mol. The van der Waals surface area contributed by atoms with Gasteiger partial charge in [0.25, 0.3) is 0 Å². The van der Waals surface area contributed by atoms with Gasteiger partial charge in [0.05, 0.1) is 5.92 Å². The highest BCUT2D eigenvalue weighted by molar-refractivity contribution is 5.24. The van der Waals surface area contributed by atoms with Crippen molar-refractivity contribution in [3.63, 3.8) is 0 Å². The molecule has 0 saturated carbocycles. The Labute approximate surface area is 50.9 Å². The molecule has 0 radical (unpaired) electrons. The number of allylic oxidation sites excluding steroid dienone is 4. The smallest absolute Gasteiger partial charge is 0.0314 e. The fourth-order valence-electron chi connectivity index (χ4n) is 0.742. The van der Waals surface area contributed by atoms with Crippen molar-refractivity contribution in [1.82, 2.24) is 0 Å². The third kappa shape index (κ3) is 0.945. The van der Waals surface area contributed by atoms with Crippen LogP contribution in [-0.2, 0) is 0 Å². The predicted molar refractivity (Wildman–Crippen MR) is 36.4 cm³/mol. The third-order valence-electron chi connectivity index (χ3n) is 1.59. The molecular weight excluding hydrogens is 96.1 g/mol. The highest BCUT2D eigenvalue weighted by atomic mass is 14.1. The standard InChI is InChI=1S/C8H11/c1-7-5-3-4-6-8(7)2/h3-7H,1-2H3/q+1. The number of hydrogen-bond donors (Lipinski definition) is 0. The molecule has 42 valence electrons. The first kappa shape index (κ1) is 5.49. The van der Waals surface area contributed by atoms with E-state index < -0.39 is 0 Å². The molecule has 0 saturated heterocycles. The summed E-state index contributed by atoms with van der Waals surface area (Å²) in [5, 5.41) is 0. The maximum atomic E-state index is 2.20. The molecule has 8 heavy (non-hydrogen) atoms. The van der Waals surface area contributed by atoms with Crippen molar-refractivity contribution < 1.29 is 0 Å². The van der Waals surface area contributed by atoms with Crippen LogP contribution in [0.2, 0.25) is 0 Å². The van der Waals surface area contributed by atoms with Crippen LogP contribution in [0, 0.1) is 12.3 Å². The van der Waals surface area contributed by atoms with Crippen molar-refractivity contribution >= 4 is 0 Å². The molecule has 0 aromatic rings. The van der Waals surface area contributed by atoms with Gasteiger partial charge in [-0.25, -0.2) is 0 Å². The van der Waals surface area contributed by atoms with Crippen molar-refractivity contribution in [2.45, 2.75) is 13.8 Å². The minimum atomic E-state index is 0.653. The lowest BCUT2D eigenvalue weighted by atomic mass is 9.97. The lowest BCUT2D eigenvalue weighted by molar-refractivity contribution is 0.851.